The Hall–Kier alpha value is 0.640. The highest BCUT2D eigenvalue weighted by atomic mass is 35.5. The van der Waals surface area contributed by atoms with Crippen molar-refractivity contribution in [2.45, 2.75) is 0 Å². The van der Waals surface area contributed by atoms with E-state index in [0.29, 0.717) is 0 Å². The standard InChI is InChI=1S/C2Cl4.C2H4/c3-1(4)2(5)6;1-2/h;1-2H2. The average Bonchev–Trinajstić information content (AvgIpc) is 1.72. The van der Waals surface area contributed by atoms with Gasteiger partial charge in [0.25, 0.3) is 0 Å². The predicted molar refractivity (Wildman–Crippen MR) is 41.7 cm³/mol. The zero-order valence-electron chi connectivity index (χ0n) is 3.93. The first-order chi connectivity index (χ1) is 3.64. The van der Waals surface area contributed by atoms with Crippen LogP contribution in [0.4, 0.5) is 0 Å². The Morgan fingerprint density at radius 1 is 0.750 bits per heavy atom. The van der Waals surface area contributed by atoms with Crippen molar-refractivity contribution in [3.8, 4) is 0 Å². The summed E-state index contributed by atoms with van der Waals surface area (Å²) in [4.78, 5) is 0. The summed E-state index contributed by atoms with van der Waals surface area (Å²) in [5.41, 5.74) is 0. The molecule has 0 aromatic carbocycles. The van der Waals surface area contributed by atoms with E-state index >= 15 is 0 Å². The van der Waals surface area contributed by atoms with Gasteiger partial charge in [-0.05, 0) is 0 Å². The van der Waals surface area contributed by atoms with E-state index in [0.717, 1.165) is 0 Å². The molecule has 0 amide bonds. The molecule has 0 aliphatic rings. The summed E-state index contributed by atoms with van der Waals surface area (Å²) in [7, 11) is 0. The number of rotatable bonds is 0. The third-order valence-corrected chi connectivity index (χ3v) is 1.29. The number of halogens is 4. The Balaban J connectivity index is 0. The van der Waals surface area contributed by atoms with E-state index in [1.54, 1.807) is 0 Å². The Morgan fingerprint density at radius 3 is 0.875 bits per heavy atom. The molecule has 0 nitrogen and oxygen atoms in total. The summed E-state index contributed by atoms with van der Waals surface area (Å²) in [5.74, 6) is 0. The highest BCUT2D eigenvalue weighted by Crippen LogP contribution is 2.20. The minimum absolute atomic E-state index is 0.0988. The monoisotopic (exact) mass is 192 g/mol. The van der Waals surface area contributed by atoms with Crippen LogP contribution in [0.2, 0.25) is 0 Å². The van der Waals surface area contributed by atoms with E-state index in [1.165, 1.54) is 0 Å². The molecular weight excluding hydrogens is 190 g/mol. The molecule has 0 N–H and O–H groups in total. The van der Waals surface area contributed by atoms with Crippen molar-refractivity contribution in [1.29, 1.82) is 0 Å². The van der Waals surface area contributed by atoms with Gasteiger partial charge in [0.2, 0.25) is 0 Å². The van der Waals surface area contributed by atoms with Crippen LogP contribution in [0, 0.1) is 0 Å². The Labute approximate surface area is 68.7 Å². The third-order valence-electron chi connectivity index (χ3n) is 0.143. The highest BCUT2D eigenvalue weighted by molar-refractivity contribution is 6.67. The molecule has 0 fully saturated rings. The second kappa shape index (κ2) is 7.64. The Kier molecular flexibility index (Phi) is 10.9. The Bertz CT molecular complexity index is 68.0. The van der Waals surface area contributed by atoms with Crippen LogP contribution >= 0.6 is 46.4 Å². The zero-order valence-corrected chi connectivity index (χ0v) is 6.95. The molecule has 0 aromatic rings. The predicted octanol–water partition coefficient (Wildman–Crippen LogP) is 3.87. The second-order valence-corrected chi connectivity index (χ2v) is 2.42. The molecule has 0 bridgehead atoms. The van der Waals surface area contributed by atoms with Crippen LogP contribution < -0.4 is 0 Å². The summed E-state index contributed by atoms with van der Waals surface area (Å²) in [5, 5.41) is 0. The zero-order chi connectivity index (χ0) is 7.15. The van der Waals surface area contributed by atoms with Gasteiger partial charge in [-0.1, -0.05) is 46.4 Å². The van der Waals surface area contributed by atoms with E-state index in [4.69, 9.17) is 46.4 Å². The van der Waals surface area contributed by atoms with Crippen molar-refractivity contribution >= 4 is 46.4 Å². The lowest BCUT2D eigenvalue weighted by Crippen LogP contribution is -1.47. The number of hydrogen-bond acceptors (Lipinski definition) is 0. The summed E-state index contributed by atoms with van der Waals surface area (Å²) in [6, 6.07) is 0. The van der Waals surface area contributed by atoms with Crippen LogP contribution in [-0.2, 0) is 0 Å². The van der Waals surface area contributed by atoms with E-state index in [9.17, 15) is 0 Å². The largest absolute Gasteiger partial charge is 0.136 e. The molecular formula is C4H4Cl4. The highest BCUT2D eigenvalue weighted by Gasteiger charge is 1.88. The van der Waals surface area contributed by atoms with Gasteiger partial charge in [-0.3, -0.25) is 0 Å². The normalized spacial score (nSPS) is 6.50. The minimum Gasteiger partial charge on any atom is -0.106 e. The van der Waals surface area contributed by atoms with Crippen molar-refractivity contribution in [1.82, 2.24) is 0 Å². The summed E-state index contributed by atoms with van der Waals surface area (Å²) in [6.45, 7) is 6.00. The molecule has 0 saturated carbocycles. The molecule has 4 heteroatoms. The smallest absolute Gasteiger partial charge is 0.106 e. The van der Waals surface area contributed by atoms with Crippen molar-refractivity contribution in [3.63, 3.8) is 0 Å². The van der Waals surface area contributed by atoms with Crippen LogP contribution in [-0.4, -0.2) is 0 Å². The van der Waals surface area contributed by atoms with Crippen molar-refractivity contribution in [2.75, 3.05) is 0 Å². The van der Waals surface area contributed by atoms with Gasteiger partial charge >= 0.3 is 0 Å². The molecule has 8 heavy (non-hydrogen) atoms. The fourth-order valence-electron chi connectivity index (χ4n) is 0. The van der Waals surface area contributed by atoms with Crippen LogP contribution in [0.25, 0.3) is 0 Å². The molecule has 0 aromatic heterocycles. The lowest BCUT2D eigenvalue weighted by molar-refractivity contribution is 2.25. The fourth-order valence-corrected chi connectivity index (χ4v) is 0. The third kappa shape index (κ3) is 9.81. The topological polar surface area (TPSA) is 0 Å². The second-order valence-electron chi connectivity index (χ2n) is 0.521. The summed E-state index contributed by atoms with van der Waals surface area (Å²) in [6.07, 6.45) is 0. The van der Waals surface area contributed by atoms with Gasteiger partial charge in [-0.15, -0.1) is 13.2 Å². The van der Waals surface area contributed by atoms with Gasteiger partial charge in [0.15, 0.2) is 0 Å². The van der Waals surface area contributed by atoms with Crippen LogP contribution in [0.1, 0.15) is 0 Å². The molecule has 0 aliphatic heterocycles. The van der Waals surface area contributed by atoms with E-state index < -0.39 is 0 Å². The first-order valence-electron chi connectivity index (χ1n) is 1.51. The number of hydrogen-bond donors (Lipinski definition) is 0. The maximum Gasteiger partial charge on any atom is 0.136 e. The molecule has 48 valence electrons. The SMILES string of the molecule is C=C.ClC(Cl)=C(Cl)Cl. The van der Waals surface area contributed by atoms with Gasteiger partial charge in [-0.25, -0.2) is 0 Å². The first-order valence-corrected chi connectivity index (χ1v) is 3.02. The van der Waals surface area contributed by atoms with Gasteiger partial charge < -0.3 is 0 Å². The first kappa shape index (κ1) is 11.4. The lowest BCUT2D eigenvalue weighted by atomic mass is 11.2. The summed E-state index contributed by atoms with van der Waals surface area (Å²) < 4.78 is -0.198. The fraction of sp³-hybridized carbons (Fsp3) is 0. The lowest BCUT2D eigenvalue weighted by Gasteiger charge is -1.75. The average molecular weight is 194 g/mol. The molecule has 0 heterocycles. The van der Waals surface area contributed by atoms with Crippen LogP contribution in [0.5, 0.6) is 0 Å². The van der Waals surface area contributed by atoms with Crippen LogP contribution in [0.3, 0.4) is 0 Å². The molecule has 0 radical (unpaired) electrons. The van der Waals surface area contributed by atoms with Crippen LogP contribution in [0.15, 0.2) is 22.1 Å². The minimum atomic E-state index is -0.0988. The molecule has 0 atom stereocenters. The molecule has 0 spiro atoms. The quantitative estimate of drug-likeness (QED) is 0.513. The van der Waals surface area contributed by atoms with E-state index in [-0.39, 0.29) is 8.98 Å². The molecule has 0 unspecified atom stereocenters. The van der Waals surface area contributed by atoms with Crippen molar-refractivity contribution in [3.05, 3.63) is 22.1 Å². The van der Waals surface area contributed by atoms with Gasteiger partial charge in [0, 0.05) is 0 Å². The van der Waals surface area contributed by atoms with E-state index in [2.05, 4.69) is 13.2 Å². The van der Waals surface area contributed by atoms with E-state index in [1.807, 2.05) is 0 Å². The maximum atomic E-state index is 4.99. The van der Waals surface area contributed by atoms with Crippen molar-refractivity contribution < 1.29 is 0 Å². The molecule has 0 saturated heterocycles. The van der Waals surface area contributed by atoms with Crippen molar-refractivity contribution in [2.24, 2.45) is 0 Å². The molecule has 0 rings (SSSR count). The Morgan fingerprint density at radius 2 is 0.875 bits per heavy atom. The van der Waals surface area contributed by atoms with Gasteiger partial charge in [0.1, 0.15) is 8.98 Å². The van der Waals surface area contributed by atoms with Gasteiger partial charge in [0.05, 0.1) is 0 Å². The summed E-state index contributed by atoms with van der Waals surface area (Å²) >= 11 is 20.0. The molecule has 0 aliphatic carbocycles. The van der Waals surface area contributed by atoms with Gasteiger partial charge in [-0.2, -0.15) is 0 Å². The maximum absolute atomic E-state index is 4.99.